The van der Waals surface area contributed by atoms with Crippen LogP contribution in [0.2, 0.25) is 5.02 Å². The van der Waals surface area contributed by atoms with E-state index in [-0.39, 0.29) is 28.8 Å². The molecule has 0 aliphatic carbocycles. The van der Waals surface area contributed by atoms with Gasteiger partial charge in [-0.1, -0.05) is 23.7 Å². The number of halogens is 2. The number of carboxylic acids is 1. The molecule has 2 N–H and O–H groups in total. The Bertz CT molecular complexity index is 1500. The third-order valence-corrected chi connectivity index (χ3v) is 8.01. The van der Waals surface area contributed by atoms with Crippen LogP contribution in [0.3, 0.4) is 0 Å². The van der Waals surface area contributed by atoms with E-state index in [1.807, 2.05) is 10.3 Å². The number of ether oxygens (including phenoxy) is 1. The van der Waals surface area contributed by atoms with Gasteiger partial charge in [-0.2, -0.15) is 0 Å². The van der Waals surface area contributed by atoms with Crippen molar-refractivity contribution in [3.05, 3.63) is 79.9 Å². The Hall–Kier alpha value is -3.90. The molecule has 0 amide bonds. The standard InChI is InChI=1S/C27H26ClFN6O4S/c1-3-39-26(38)18-21(15-7-10-35(11-8-15)27-31-13-14(2)20(34-27)25(36)37)32-23(24-30-9-12-40-24)33-22(18)16-5-4-6-17(29)19(16)28/h4-6,9,12-13,15,22H,3,7-8,10-11H2,1-2H3,(H,32,33)(H,36,37). The van der Waals surface area contributed by atoms with Gasteiger partial charge in [-0.25, -0.2) is 28.9 Å². The Balaban J connectivity index is 1.52. The Labute approximate surface area is 238 Å². The predicted octanol–water partition coefficient (Wildman–Crippen LogP) is 4.56. The van der Waals surface area contributed by atoms with Crippen molar-refractivity contribution in [2.75, 3.05) is 24.6 Å². The quantitative estimate of drug-likeness (QED) is 0.384. The molecule has 2 aromatic heterocycles. The number of carbonyl (C=O) groups excluding carboxylic acids is 1. The molecule has 13 heteroatoms. The molecule has 3 aromatic rings. The summed E-state index contributed by atoms with van der Waals surface area (Å²) in [5, 5.41) is 15.1. The van der Waals surface area contributed by atoms with Crippen LogP contribution in [0.15, 0.2) is 52.2 Å². The average Bonchev–Trinajstić information content (AvgIpc) is 3.49. The SMILES string of the molecule is CCOC(=O)C1=C(C2CCN(c3ncc(C)c(C(=O)O)n3)CC2)NC(c2nccs2)=NC1c1cccc(F)c1Cl. The van der Waals surface area contributed by atoms with Gasteiger partial charge in [0.15, 0.2) is 16.5 Å². The highest BCUT2D eigenvalue weighted by Crippen LogP contribution is 2.40. The molecule has 2 aliphatic rings. The van der Waals surface area contributed by atoms with Crippen LogP contribution in [0, 0.1) is 18.7 Å². The van der Waals surface area contributed by atoms with Gasteiger partial charge in [0.05, 0.1) is 17.2 Å². The van der Waals surface area contributed by atoms with Gasteiger partial charge in [-0.15, -0.1) is 11.3 Å². The second kappa shape index (κ2) is 11.7. The summed E-state index contributed by atoms with van der Waals surface area (Å²) in [6.45, 7) is 4.55. The van der Waals surface area contributed by atoms with Crippen LogP contribution in [0.5, 0.6) is 0 Å². The third kappa shape index (κ3) is 5.41. The number of allylic oxidation sites excluding steroid dienone is 1. The van der Waals surface area contributed by atoms with Crippen LogP contribution in [0.4, 0.5) is 10.3 Å². The number of esters is 1. The van der Waals surface area contributed by atoms with Crippen molar-refractivity contribution in [3.8, 4) is 0 Å². The lowest BCUT2D eigenvalue weighted by molar-refractivity contribution is -0.139. The fraction of sp³-hybridized carbons (Fsp3) is 0.333. The summed E-state index contributed by atoms with van der Waals surface area (Å²) in [5.74, 6) is -1.61. The summed E-state index contributed by atoms with van der Waals surface area (Å²) >= 11 is 7.78. The molecule has 2 aliphatic heterocycles. The first-order chi connectivity index (χ1) is 19.3. The van der Waals surface area contributed by atoms with Crippen LogP contribution in [-0.4, -0.2) is 57.5 Å². The first-order valence-electron chi connectivity index (χ1n) is 12.7. The lowest BCUT2D eigenvalue weighted by Gasteiger charge is -2.36. The maximum Gasteiger partial charge on any atom is 0.354 e. The van der Waals surface area contributed by atoms with Crippen LogP contribution >= 0.6 is 22.9 Å². The monoisotopic (exact) mass is 584 g/mol. The van der Waals surface area contributed by atoms with Crippen molar-refractivity contribution in [3.63, 3.8) is 0 Å². The molecular weight excluding hydrogens is 559 g/mol. The molecule has 4 heterocycles. The van der Waals surface area contributed by atoms with Gasteiger partial charge in [-0.3, -0.25) is 4.99 Å². The maximum absolute atomic E-state index is 14.5. The van der Waals surface area contributed by atoms with E-state index in [1.54, 1.807) is 26.1 Å². The van der Waals surface area contributed by atoms with Gasteiger partial charge in [-0.05, 0) is 32.8 Å². The Kier molecular flexibility index (Phi) is 8.08. The van der Waals surface area contributed by atoms with E-state index >= 15 is 0 Å². The zero-order valence-electron chi connectivity index (χ0n) is 21.7. The van der Waals surface area contributed by atoms with Crippen molar-refractivity contribution >= 4 is 46.7 Å². The molecule has 0 saturated carbocycles. The fourth-order valence-electron chi connectivity index (χ4n) is 4.90. The van der Waals surface area contributed by atoms with Crippen LogP contribution < -0.4 is 10.2 Å². The summed E-state index contributed by atoms with van der Waals surface area (Å²) in [6, 6.07) is 3.53. The highest BCUT2D eigenvalue weighted by Gasteiger charge is 2.38. The van der Waals surface area contributed by atoms with E-state index in [0.29, 0.717) is 59.5 Å². The lowest BCUT2D eigenvalue weighted by atomic mass is 9.85. The van der Waals surface area contributed by atoms with E-state index in [2.05, 4.69) is 20.3 Å². The smallest absolute Gasteiger partial charge is 0.354 e. The third-order valence-electron chi connectivity index (χ3n) is 6.83. The molecule has 10 nitrogen and oxygen atoms in total. The topological polar surface area (TPSA) is 130 Å². The molecule has 1 aromatic carbocycles. The van der Waals surface area contributed by atoms with Crippen molar-refractivity contribution in [2.45, 2.75) is 32.7 Å². The number of nitrogens with zero attached hydrogens (tertiary/aromatic N) is 5. The van der Waals surface area contributed by atoms with Gasteiger partial charge in [0, 0.05) is 53.6 Å². The van der Waals surface area contributed by atoms with Crippen LogP contribution in [0.1, 0.15) is 52.4 Å². The van der Waals surface area contributed by atoms with Crippen molar-refractivity contribution in [1.29, 1.82) is 0 Å². The molecule has 1 atom stereocenters. The van der Waals surface area contributed by atoms with E-state index in [0.717, 1.165) is 0 Å². The summed E-state index contributed by atoms with van der Waals surface area (Å²) in [4.78, 5) is 44.7. The normalized spacial score (nSPS) is 17.9. The summed E-state index contributed by atoms with van der Waals surface area (Å²) < 4.78 is 20.0. The molecule has 0 radical (unpaired) electrons. The zero-order valence-corrected chi connectivity index (χ0v) is 23.3. The Morgan fingerprint density at radius 1 is 1.27 bits per heavy atom. The Morgan fingerprint density at radius 3 is 2.73 bits per heavy atom. The molecule has 5 rings (SSSR count). The molecule has 1 unspecified atom stereocenters. The number of benzene rings is 1. The number of anilines is 1. The van der Waals surface area contributed by atoms with Gasteiger partial charge in [0.2, 0.25) is 5.95 Å². The van der Waals surface area contributed by atoms with Crippen LogP contribution in [-0.2, 0) is 9.53 Å². The molecule has 208 valence electrons. The minimum Gasteiger partial charge on any atom is -0.476 e. The van der Waals surface area contributed by atoms with Crippen molar-refractivity contribution in [1.82, 2.24) is 20.3 Å². The van der Waals surface area contributed by atoms with E-state index < -0.39 is 23.8 Å². The largest absolute Gasteiger partial charge is 0.476 e. The molecular formula is C27H26ClFN6O4S. The first-order valence-corrected chi connectivity index (χ1v) is 14.0. The highest BCUT2D eigenvalue weighted by atomic mass is 35.5. The number of nitrogens with one attached hydrogen (secondary N) is 1. The number of rotatable bonds is 7. The number of aromatic nitrogens is 3. The average molecular weight is 585 g/mol. The second-order valence-electron chi connectivity index (χ2n) is 9.30. The highest BCUT2D eigenvalue weighted by molar-refractivity contribution is 7.11. The summed E-state index contributed by atoms with van der Waals surface area (Å²) in [7, 11) is 0. The molecule has 1 saturated heterocycles. The number of hydrogen-bond acceptors (Lipinski definition) is 10. The fourth-order valence-corrected chi connectivity index (χ4v) is 5.71. The van der Waals surface area contributed by atoms with Gasteiger partial charge >= 0.3 is 11.9 Å². The number of carbonyl (C=O) groups is 2. The van der Waals surface area contributed by atoms with Crippen molar-refractivity contribution < 1.29 is 23.8 Å². The number of hydrogen-bond donors (Lipinski definition) is 2. The summed E-state index contributed by atoms with van der Waals surface area (Å²) in [5.41, 5.74) is 1.70. The predicted molar refractivity (Wildman–Crippen MR) is 148 cm³/mol. The maximum atomic E-state index is 14.5. The molecule has 0 bridgehead atoms. The minimum atomic E-state index is -1.11. The molecule has 1 fully saturated rings. The first kappa shape index (κ1) is 27.7. The number of amidine groups is 1. The minimum absolute atomic E-state index is 0.0347. The zero-order chi connectivity index (χ0) is 28.4. The Morgan fingerprint density at radius 2 is 2.05 bits per heavy atom. The molecule has 0 spiro atoms. The second-order valence-corrected chi connectivity index (χ2v) is 10.6. The van der Waals surface area contributed by atoms with E-state index in [1.165, 1.54) is 29.7 Å². The van der Waals surface area contributed by atoms with E-state index in [4.69, 9.17) is 21.3 Å². The van der Waals surface area contributed by atoms with Crippen molar-refractivity contribution in [2.24, 2.45) is 10.9 Å². The number of carboxylic acid groups (broad SMARTS) is 1. The number of aromatic carboxylic acids is 1. The lowest BCUT2D eigenvalue weighted by Crippen LogP contribution is -2.42. The van der Waals surface area contributed by atoms with Gasteiger partial charge in [0.1, 0.15) is 11.9 Å². The number of aryl methyl sites for hydroxylation is 1. The van der Waals surface area contributed by atoms with Gasteiger partial charge in [0.25, 0.3) is 0 Å². The number of piperidine rings is 1. The van der Waals surface area contributed by atoms with Gasteiger partial charge < -0.3 is 20.1 Å². The number of aliphatic imine (C=N–C) groups is 1. The van der Waals surface area contributed by atoms with E-state index in [9.17, 15) is 19.1 Å². The summed E-state index contributed by atoms with van der Waals surface area (Å²) in [6.07, 6.45) is 4.36. The van der Waals surface area contributed by atoms with Crippen LogP contribution in [0.25, 0.3) is 0 Å². The molecule has 40 heavy (non-hydrogen) atoms. The number of thiazole rings is 1.